The van der Waals surface area contributed by atoms with E-state index in [0.29, 0.717) is 5.92 Å². The van der Waals surface area contributed by atoms with Gasteiger partial charge in [0.05, 0.1) is 16.9 Å². The Morgan fingerprint density at radius 3 is 2.69 bits per heavy atom. The number of nitrogens with zero attached hydrogens (tertiary/aromatic N) is 1. The maximum Gasteiger partial charge on any atom is 0.123 e. The lowest BCUT2D eigenvalue weighted by Gasteiger charge is -2.23. The van der Waals surface area contributed by atoms with E-state index in [0.717, 1.165) is 57.8 Å². The summed E-state index contributed by atoms with van der Waals surface area (Å²) in [6.45, 7) is 2.14. The molecule has 1 aliphatic carbocycles. The first kappa shape index (κ1) is 19.1. The van der Waals surface area contributed by atoms with E-state index in [1.165, 1.54) is 30.5 Å². The second kappa shape index (κ2) is 7.79. The fourth-order valence-electron chi connectivity index (χ4n) is 4.81. The Labute approximate surface area is 185 Å². The summed E-state index contributed by atoms with van der Waals surface area (Å²) in [6, 6.07) is 15.4. The molecular weight excluding hydrogens is 399 g/mol. The molecule has 0 atom stereocenters. The zero-order valence-corrected chi connectivity index (χ0v) is 17.6. The molecule has 32 heavy (non-hydrogen) atoms. The SMILES string of the molecule is Fc1ccc(C2=CC=C=Cc3[nH]c(-c4n[nH]c5ccc(C6CCNCC6)cc45)cc32)cc1. The van der Waals surface area contributed by atoms with E-state index in [1.54, 1.807) is 0 Å². The van der Waals surface area contributed by atoms with Crippen molar-refractivity contribution in [1.82, 2.24) is 20.5 Å². The van der Waals surface area contributed by atoms with Crippen LogP contribution < -0.4 is 5.32 Å². The van der Waals surface area contributed by atoms with Crippen LogP contribution in [0.15, 0.2) is 66.4 Å². The number of hydrogen-bond acceptors (Lipinski definition) is 2. The molecule has 0 spiro atoms. The van der Waals surface area contributed by atoms with Crippen molar-refractivity contribution in [2.24, 2.45) is 0 Å². The summed E-state index contributed by atoms with van der Waals surface area (Å²) in [5.74, 6) is 0.351. The third-order valence-electron chi connectivity index (χ3n) is 6.52. The Balaban J connectivity index is 1.43. The zero-order chi connectivity index (χ0) is 21.5. The molecule has 2 aromatic heterocycles. The van der Waals surface area contributed by atoms with Crippen LogP contribution in [-0.4, -0.2) is 28.3 Å². The van der Waals surface area contributed by atoms with Crippen molar-refractivity contribution in [2.75, 3.05) is 13.1 Å². The fourth-order valence-corrected chi connectivity index (χ4v) is 4.81. The molecule has 0 saturated carbocycles. The lowest BCUT2D eigenvalue weighted by molar-refractivity contribution is 0.460. The molecule has 0 bridgehead atoms. The molecule has 2 aliphatic rings. The maximum atomic E-state index is 13.5. The predicted molar refractivity (Wildman–Crippen MR) is 127 cm³/mol. The van der Waals surface area contributed by atoms with Crippen molar-refractivity contribution in [3.05, 3.63) is 94.6 Å². The molecule has 4 aromatic rings. The molecule has 0 radical (unpaired) electrons. The topological polar surface area (TPSA) is 56.5 Å². The molecule has 3 N–H and O–H groups in total. The van der Waals surface area contributed by atoms with Gasteiger partial charge in [0.1, 0.15) is 11.5 Å². The van der Waals surface area contributed by atoms with E-state index in [9.17, 15) is 4.39 Å². The van der Waals surface area contributed by atoms with Gasteiger partial charge in [-0.15, -0.1) is 5.73 Å². The van der Waals surface area contributed by atoms with Gasteiger partial charge in [-0.3, -0.25) is 5.10 Å². The van der Waals surface area contributed by atoms with Crippen molar-refractivity contribution >= 4 is 22.6 Å². The molecule has 1 aliphatic heterocycles. The van der Waals surface area contributed by atoms with Crippen LogP contribution in [0.3, 0.4) is 0 Å². The van der Waals surface area contributed by atoms with Gasteiger partial charge in [0.2, 0.25) is 0 Å². The minimum Gasteiger partial charge on any atom is -0.353 e. The Kier molecular flexibility index (Phi) is 4.64. The van der Waals surface area contributed by atoms with E-state index in [1.807, 2.05) is 30.4 Å². The monoisotopic (exact) mass is 422 g/mol. The smallest absolute Gasteiger partial charge is 0.123 e. The highest BCUT2D eigenvalue weighted by atomic mass is 19.1. The van der Waals surface area contributed by atoms with E-state index >= 15 is 0 Å². The number of benzene rings is 2. The average molecular weight is 423 g/mol. The van der Waals surface area contributed by atoms with Crippen LogP contribution in [0.2, 0.25) is 0 Å². The van der Waals surface area contributed by atoms with Crippen LogP contribution in [0.25, 0.3) is 33.9 Å². The van der Waals surface area contributed by atoms with E-state index in [4.69, 9.17) is 0 Å². The number of fused-ring (bicyclic) bond motifs is 2. The van der Waals surface area contributed by atoms with E-state index < -0.39 is 0 Å². The second-order valence-electron chi connectivity index (χ2n) is 8.48. The van der Waals surface area contributed by atoms with Gasteiger partial charge in [-0.25, -0.2) is 4.39 Å². The molecule has 1 fully saturated rings. The van der Waals surface area contributed by atoms with Crippen molar-refractivity contribution in [2.45, 2.75) is 18.8 Å². The first-order valence-corrected chi connectivity index (χ1v) is 11.1. The maximum absolute atomic E-state index is 13.5. The molecule has 2 aromatic carbocycles. The normalized spacial score (nSPS) is 16.2. The highest BCUT2D eigenvalue weighted by Gasteiger charge is 2.20. The van der Waals surface area contributed by atoms with Crippen LogP contribution in [0, 0.1) is 5.82 Å². The number of allylic oxidation sites excluding steroid dienone is 2. The van der Waals surface area contributed by atoms with Crippen molar-refractivity contribution < 1.29 is 4.39 Å². The van der Waals surface area contributed by atoms with Gasteiger partial charge in [0.15, 0.2) is 0 Å². The van der Waals surface area contributed by atoms with Crippen LogP contribution >= 0.6 is 0 Å². The number of hydrogen-bond donors (Lipinski definition) is 3. The summed E-state index contributed by atoms with van der Waals surface area (Å²) in [7, 11) is 0. The number of rotatable bonds is 3. The molecule has 0 amide bonds. The number of aromatic nitrogens is 3. The van der Waals surface area contributed by atoms with Crippen molar-refractivity contribution in [1.29, 1.82) is 0 Å². The predicted octanol–water partition coefficient (Wildman–Crippen LogP) is 5.78. The third-order valence-corrected chi connectivity index (χ3v) is 6.52. The highest BCUT2D eigenvalue weighted by molar-refractivity contribution is 5.95. The summed E-state index contributed by atoms with van der Waals surface area (Å²) < 4.78 is 13.5. The molecule has 0 unspecified atom stereocenters. The zero-order valence-electron chi connectivity index (χ0n) is 17.6. The average Bonchev–Trinajstić information content (AvgIpc) is 3.39. The second-order valence-corrected chi connectivity index (χ2v) is 8.48. The van der Waals surface area contributed by atoms with Gasteiger partial charge in [-0.1, -0.05) is 18.2 Å². The molecule has 1 saturated heterocycles. The summed E-state index contributed by atoms with van der Waals surface area (Å²) in [5.41, 5.74) is 11.5. The number of halogens is 1. The van der Waals surface area contributed by atoms with Gasteiger partial charge < -0.3 is 10.3 Å². The first-order chi connectivity index (χ1) is 15.8. The van der Waals surface area contributed by atoms with Crippen molar-refractivity contribution in [3.8, 4) is 11.4 Å². The highest BCUT2D eigenvalue weighted by Crippen LogP contribution is 2.36. The Morgan fingerprint density at radius 2 is 1.84 bits per heavy atom. The van der Waals surface area contributed by atoms with Crippen LogP contribution in [0.4, 0.5) is 4.39 Å². The molecular formula is C27H23FN4. The molecule has 4 nitrogen and oxygen atoms in total. The largest absolute Gasteiger partial charge is 0.353 e. The van der Waals surface area contributed by atoms with Gasteiger partial charge in [0.25, 0.3) is 0 Å². The molecule has 3 heterocycles. The minimum absolute atomic E-state index is 0.237. The fraction of sp³-hybridized carbons (Fsp3) is 0.185. The van der Waals surface area contributed by atoms with Crippen LogP contribution in [-0.2, 0) is 0 Å². The number of aromatic amines is 2. The Hall–Kier alpha value is -3.66. The van der Waals surface area contributed by atoms with Crippen LogP contribution in [0.1, 0.15) is 41.1 Å². The lowest BCUT2D eigenvalue weighted by atomic mass is 9.89. The van der Waals surface area contributed by atoms with Crippen molar-refractivity contribution in [3.63, 3.8) is 0 Å². The van der Waals surface area contributed by atoms with Gasteiger partial charge in [-0.2, -0.15) is 5.10 Å². The standard InChI is InChI=1S/C27H23FN4/c28-20-8-5-18(6-9-20)21-3-1-2-4-24-22(21)16-26(30-24)27-23-15-19(7-10-25(23)31-32-27)17-11-13-29-14-12-17/h1,3-10,15-17,29-30H,11-14H2,(H,31,32). The van der Waals surface area contributed by atoms with E-state index in [2.05, 4.69) is 50.5 Å². The Morgan fingerprint density at radius 1 is 1.00 bits per heavy atom. The quantitative estimate of drug-likeness (QED) is 0.367. The van der Waals surface area contributed by atoms with Gasteiger partial charge in [-0.05, 0) is 91.0 Å². The summed E-state index contributed by atoms with van der Waals surface area (Å²) >= 11 is 0. The Bertz CT molecular complexity index is 1390. The van der Waals surface area contributed by atoms with Crippen LogP contribution in [0.5, 0.6) is 0 Å². The summed E-state index contributed by atoms with van der Waals surface area (Å²) in [4.78, 5) is 3.53. The number of piperidine rings is 1. The van der Waals surface area contributed by atoms with E-state index in [-0.39, 0.29) is 5.82 Å². The number of nitrogens with one attached hydrogen (secondary N) is 3. The molecule has 6 rings (SSSR count). The first-order valence-electron chi connectivity index (χ1n) is 11.1. The summed E-state index contributed by atoms with van der Waals surface area (Å²) in [6.07, 6.45) is 8.19. The summed E-state index contributed by atoms with van der Waals surface area (Å²) in [5, 5.41) is 12.4. The molecule has 5 heteroatoms. The third kappa shape index (κ3) is 3.32. The number of H-pyrrole nitrogens is 2. The van der Waals surface area contributed by atoms with Gasteiger partial charge >= 0.3 is 0 Å². The molecule has 158 valence electrons. The minimum atomic E-state index is -0.237. The van der Waals surface area contributed by atoms with Gasteiger partial charge in [0, 0.05) is 17.0 Å². The lowest BCUT2D eigenvalue weighted by Crippen LogP contribution is -2.26.